The smallest absolute Gasteiger partial charge is 0.251 e. The molecule has 1 amide bonds. The van der Waals surface area contributed by atoms with E-state index in [2.05, 4.69) is 5.32 Å². The number of hydrogen-bond donors (Lipinski definition) is 1. The van der Waals surface area contributed by atoms with Gasteiger partial charge in [0.15, 0.2) is 0 Å². The molecular weight excluding hydrogens is 372 g/mol. The Balaban J connectivity index is 1.44. The van der Waals surface area contributed by atoms with Gasteiger partial charge in [-0.05, 0) is 60.9 Å². The van der Waals surface area contributed by atoms with E-state index in [0.717, 1.165) is 17.9 Å². The molecule has 0 aromatic heterocycles. The van der Waals surface area contributed by atoms with Crippen LogP contribution in [-0.2, 0) is 16.6 Å². The highest BCUT2D eigenvalue weighted by Crippen LogP contribution is 2.44. The third-order valence-corrected chi connectivity index (χ3v) is 7.18. The Hall–Kier alpha value is -2.34. The van der Waals surface area contributed by atoms with Gasteiger partial charge in [-0.15, -0.1) is 0 Å². The fraction of sp³-hybridized carbons (Fsp3) is 0.409. The van der Waals surface area contributed by atoms with Crippen LogP contribution in [0.15, 0.2) is 54.6 Å². The molecule has 0 spiro atoms. The van der Waals surface area contributed by atoms with Crippen molar-refractivity contribution in [2.24, 2.45) is 11.8 Å². The Morgan fingerprint density at radius 3 is 2.32 bits per heavy atom. The molecule has 2 fully saturated rings. The van der Waals surface area contributed by atoms with E-state index >= 15 is 0 Å². The second-order valence-corrected chi connectivity index (χ2v) is 9.96. The quantitative estimate of drug-likeness (QED) is 0.809. The van der Waals surface area contributed by atoms with Gasteiger partial charge >= 0.3 is 0 Å². The lowest BCUT2D eigenvalue weighted by atomic mass is 9.95. The maximum atomic E-state index is 12.6. The van der Waals surface area contributed by atoms with E-state index in [4.69, 9.17) is 0 Å². The standard InChI is InChI=1S/C22H26N2O3S/c1-28(26,27)24(20-5-3-2-4-6-20)15-16-7-10-18(11-8-16)22(25)23-21-14-17-9-12-19(21)13-17/h2-8,10-11,17,19,21H,9,12-15H2,1H3,(H,23,25)/t17-,19+,21-/m0/s1. The minimum absolute atomic E-state index is 0.0351. The summed E-state index contributed by atoms with van der Waals surface area (Å²) >= 11 is 0. The number of carbonyl (C=O) groups excluding carboxylic acids is 1. The summed E-state index contributed by atoms with van der Waals surface area (Å²) in [7, 11) is -3.41. The van der Waals surface area contributed by atoms with E-state index in [1.54, 1.807) is 24.3 Å². The summed E-state index contributed by atoms with van der Waals surface area (Å²) in [5, 5.41) is 3.19. The molecule has 0 radical (unpaired) electrons. The fourth-order valence-corrected chi connectivity index (χ4v) is 5.48. The molecule has 2 aliphatic carbocycles. The first-order valence-electron chi connectivity index (χ1n) is 9.83. The summed E-state index contributed by atoms with van der Waals surface area (Å²) in [6.07, 6.45) is 6.11. The highest BCUT2D eigenvalue weighted by molar-refractivity contribution is 7.92. The van der Waals surface area contributed by atoms with E-state index in [1.807, 2.05) is 30.3 Å². The first kappa shape index (κ1) is 19.0. The molecule has 2 aromatic rings. The fourth-order valence-electron chi connectivity index (χ4n) is 4.59. The molecule has 0 saturated heterocycles. The molecular formula is C22H26N2O3S. The lowest BCUT2D eigenvalue weighted by Gasteiger charge is -2.23. The van der Waals surface area contributed by atoms with Gasteiger partial charge in [0.2, 0.25) is 10.0 Å². The summed E-state index contributed by atoms with van der Waals surface area (Å²) in [5.41, 5.74) is 2.09. The maximum Gasteiger partial charge on any atom is 0.251 e. The van der Waals surface area contributed by atoms with Crippen molar-refractivity contribution in [1.82, 2.24) is 5.32 Å². The largest absolute Gasteiger partial charge is 0.349 e. The van der Waals surface area contributed by atoms with E-state index in [0.29, 0.717) is 23.2 Å². The summed E-state index contributed by atoms with van der Waals surface area (Å²) in [4.78, 5) is 12.6. The SMILES string of the molecule is CS(=O)(=O)N(Cc1ccc(C(=O)N[C@H]2C[C@H]3CC[C@@H]2C3)cc1)c1ccccc1. The number of amides is 1. The predicted octanol–water partition coefficient (Wildman–Crippen LogP) is 3.57. The first-order chi connectivity index (χ1) is 13.4. The molecule has 2 aromatic carbocycles. The Kier molecular flexibility index (Phi) is 5.15. The third-order valence-electron chi connectivity index (χ3n) is 6.04. The highest BCUT2D eigenvalue weighted by Gasteiger charge is 2.40. The van der Waals surface area contributed by atoms with Crippen molar-refractivity contribution in [2.75, 3.05) is 10.6 Å². The van der Waals surface area contributed by atoms with Gasteiger partial charge < -0.3 is 5.32 Å². The van der Waals surface area contributed by atoms with Crippen LogP contribution in [-0.4, -0.2) is 26.6 Å². The first-order valence-corrected chi connectivity index (χ1v) is 11.7. The van der Waals surface area contributed by atoms with Crippen LogP contribution in [0.1, 0.15) is 41.6 Å². The number of hydrogen-bond acceptors (Lipinski definition) is 3. The van der Waals surface area contributed by atoms with E-state index in [1.165, 1.54) is 29.8 Å². The molecule has 0 unspecified atom stereocenters. The normalized spacial score (nSPS) is 23.5. The number of anilines is 1. The zero-order valence-corrected chi connectivity index (χ0v) is 16.9. The van der Waals surface area contributed by atoms with E-state index in [-0.39, 0.29) is 12.5 Å². The van der Waals surface area contributed by atoms with Crippen LogP contribution < -0.4 is 9.62 Å². The van der Waals surface area contributed by atoms with Crippen LogP contribution in [0, 0.1) is 11.8 Å². The van der Waals surface area contributed by atoms with Crippen LogP contribution in [0.2, 0.25) is 0 Å². The van der Waals surface area contributed by atoms with Gasteiger partial charge in [-0.2, -0.15) is 0 Å². The molecule has 1 N–H and O–H groups in total. The van der Waals surface area contributed by atoms with E-state index in [9.17, 15) is 13.2 Å². The van der Waals surface area contributed by atoms with Gasteiger partial charge in [0.1, 0.15) is 0 Å². The highest BCUT2D eigenvalue weighted by atomic mass is 32.2. The molecule has 2 aliphatic rings. The number of nitrogens with one attached hydrogen (secondary N) is 1. The molecule has 2 bridgehead atoms. The maximum absolute atomic E-state index is 12.6. The van der Waals surface area contributed by atoms with Gasteiger partial charge in [0.25, 0.3) is 5.91 Å². The summed E-state index contributed by atoms with van der Waals surface area (Å²) in [6.45, 7) is 0.233. The Bertz CT molecular complexity index is 942. The Morgan fingerprint density at radius 1 is 1.04 bits per heavy atom. The van der Waals surface area contributed by atoms with Crippen molar-refractivity contribution in [3.63, 3.8) is 0 Å². The van der Waals surface area contributed by atoms with Crippen molar-refractivity contribution in [3.8, 4) is 0 Å². The van der Waals surface area contributed by atoms with Crippen LogP contribution in [0.3, 0.4) is 0 Å². The molecule has 2 saturated carbocycles. The van der Waals surface area contributed by atoms with Crippen LogP contribution in [0.25, 0.3) is 0 Å². The predicted molar refractivity (Wildman–Crippen MR) is 111 cm³/mol. The molecule has 4 rings (SSSR count). The lowest BCUT2D eigenvalue weighted by molar-refractivity contribution is 0.0923. The summed E-state index contributed by atoms with van der Waals surface area (Å²) in [5.74, 6) is 1.40. The second-order valence-electron chi connectivity index (χ2n) is 8.06. The molecule has 5 nitrogen and oxygen atoms in total. The van der Waals surface area contributed by atoms with Crippen molar-refractivity contribution in [3.05, 3.63) is 65.7 Å². The van der Waals surface area contributed by atoms with Crippen LogP contribution in [0.4, 0.5) is 5.69 Å². The van der Waals surface area contributed by atoms with Crippen molar-refractivity contribution in [2.45, 2.75) is 38.3 Å². The van der Waals surface area contributed by atoms with Gasteiger partial charge in [0.05, 0.1) is 18.5 Å². The number of carbonyl (C=O) groups is 1. The topological polar surface area (TPSA) is 66.5 Å². The Labute approximate surface area is 166 Å². The minimum Gasteiger partial charge on any atom is -0.349 e. The number of benzene rings is 2. The molecule has 6 heteroatoms. The van der Waals surface area contributed by atoms with Gasteiger partial charge in [-0.25, -0.2) is 8.42 Å². The van der Waals surface area contributed by atoms with Crippen molar-refractivity contribution in [1.29, 1.82) is 0 Å². The number of para-hydroxylation sites is 1. The van der Waals surface area contributed by atoms with Gasteiger partial charge in [-0.1, -0.05) is 36.8 Å². The lowest BCUT2D eigenvalue weighted by Crippen LogP contribution is -2.38. The number of rotatable bonds is 6. The summed E-state index contributed by atoms with van der Waals surface area (Å²) < 4.78 is 25.8. The van der Waals surface area contributed by atoms with Crippen LogP contribution in [0.5, 0.6) is 0 Å². The summed E-state index contributed by atoms with van der Waals surface area (Å²) in [6, 6.07) is 16.6. The van der Waals surface area contributed by atoms with E-state index < -0.39 is 10.0 Å². The van der Waals surface area contributed by atoms with Gasteiger partial charge in [0, 0.05) is 11.6 Å². The molecule has 0 aliphatic heterocycles. The van der Waals surface area contributed by atoms with Crippen molar-refractivity contribution >= 4 is 21.6 Å². The number of sulfonamides is 1. The second kappa shape index (κ2) is 7.59. The molecule has 0 heterocycles. The average Bonchev–Trinajstić information content (AvgIpc) is 3.29. The molecule has 28 heavy (non-hydrogen) atoms. The van der Waals surface area contributed by atoms with Gasteiger partial charge in [-0.3, -0.25) is 9.10 Å². The zero-order valence-electron chi connectivity index (χ0n) is 16.0. The molecule has 148 valence electrons. The zero-order chi connectivity index (χ0) is 19.7. The van der Waals surface area contributed by atoms with Crippen molar-refractivity contribution < 1.29 is 13.2 Å². The van der Waals surface area contributed by atoms with Crippen LogP contribution >= 0.6 is 0 Å². The third kappa shape index (κ3) is 4.07. The minimum atomic E-state index is -3.41. The Morgan fingerprint density at radius 2 is 1.75 bits per heavy atom. The average molecular weight is 399 g/mol. The number of nitrogens with zero attached hydrogens (tertiary/aromatic N) is 1. The number of fused-ring (bicyclic) bond motifs is 2. The monoisotopic (exact) mass is 398 g/mol. The molecule has 3 atom stereocenters.